The summed E-state index contributed by atoms with van der Waals surface area (Å²) in [5.41, 5.74) is 13.6. The van der Waals surface area contributed by atoms with E-state index < -0.39 is 0 Å². The lowest BCUT2D eigenvalue weighted by atomic mass is 9.91. The Hall–Kier alpha value is -7.88. The van der Waals surface area contributed by atoms with E-state index in [2.05, 4.69) is 193 Å². The molecule has 0 fully saturated rings. The molecular formula is C56H35NO2. The molecule has 0 aliphatic carbocycles. The third-order valence-corrected chi connectivity index (χ3v) is 11.9. The van der Waals surface area contributed by atoms with Crippen LogP contribution in [0.2, 0.25) is 0 Å². The van der Waals surface area contributed by atoms with E-state index in [9.17, 15) is 0 Å². The van der Waals surface area contributed by atoms with Crippen LogP contribution in [0.15, 0.2) is 221 Å². The second-order valence-corrected chi connectivity index (χ2v) is 15.3. The molecule has 0 N–H and O–H groups in total. The molecule has 0 amide bonds. The summed E-state index contributed by atoms with van der Waals surface area (Å²) in [5.74, 6) is 0. The summed E-state index contributed by atoms with van der Waals surface area (Å²) in [6, 6.07) is 76.1. The van der Waals surface area contributed by atoms with Crippen LogP contribution in [0.25, 0.3) is 98.8 Å². The number of rotatable bonds is 6. The lowest BCUT2D eigenvalue weighted by Crippen LogP contribution is -2.11. The van der Waals surface area contributed by atoms with E-state index >= 15 is 0 Å². The number of anilines is 3. The zero-order valence-electron chi connectivity index (χ0n) is 32.0. The van der Waals surface area contributed by atoms with Crippen LogP contribution in [0, 0.1) is 0 Å². The Kier molecular flexibility index (Phi) is 7.54. The summed E-state index contributed by atoms with van der Waals surface area (Å²) in [5, 5.41) is 9.39. The van der Waals surface area contributed by atoms with Gasteiger partial charge in [0.25, 0.3) is 0 Å². The number of furan rings is 2. The molecule has 0 spiro atoms. The third kappa shape index (κ3) is 5.51. The van der Waals surface area contributed by atoms with Crippen molar-refractivity contribution < 1.29 is 8.83 Å². The average molecular weight is 754 g/mol. The predicted octanol–water partition coefficient (Wildman–Crippen LogP) is 16.3. The van der Waals surface area contributed by atoms with Gasteiger partial charge in [-0.15, -0.1) is 0 Å². The molecule has 0 atom stereocenters. The number of fused-ring (bicyclic) bond motifs is 9. The Morgan fingerprint density at radius 2 is 0.814 bits per heavy atom. The number of nitrogens with zero attached hydrogens (tertiary/aromatic N) is 1. The highest BCUT2D eigenvalue weighted by atomic mass is 16.3. The standard InChI is InChI=1S/C56H35NO2/c1-2-12-37(13-3-1)44-29-24-40(49-33-39-14-4-5-15-43(39)45-16-6-7-17-46(45)49)34-52(44)57(42-28-31-56-51(35-42)48-19-9-11-21-54(48)59-56)41-26-22-36(23-27-41)38-25-30-55-50(32-38)47-18-8-10-20-53(47)58-55/h1-35H. The Morgan fingerprint density at radius 1 is 0.271 bits per heavy atom. The predicted molar refractivity (Wildman–Crippen MR) is 247 cm³/mol. The van der Waals surface area contributed by atoms with Gasteiger partial charge in [0.2, 0.25) is 0 Å². The molecule has 0 aliphatic rings. The first-order chi connectivity index (χ1) is 29.2. The molecule has 10 aromatic carbocycles. The highest BCUT2D eigenvalue weighted by Crippen LogP contribution is 2.46. The van der Waals surface area contributed by atoms with Crippen LogP contribution >= 0.6 is 0 Å². The molecule has 0 bridgehead atoms. The highest BCUT2D eigenvalue weighted by molar-refractivity contribution is 6.14. The van der Waals surface area contributed by atoms with Crippen molar-refractivity contribution >= 4 is 82.5 Å². The fourth-order valence-electron chi connectivity index (χ4n) is 9.03. The van der Waals surface area contributed by atoms with E-state index in [1.54, 1.807) is 0 Å². The molecule has 12 aromatic rings. The lowest BCUT2D eigenvalue weighted by molar-refractivity contribution is 0.668. The van der Waals surface area contributed by atoms with Crippen LogP contribution in [0.5, 0.6) is 0 Å². The number of hydrogen-bond donors (Lipinski definition) is 0. The minimum atomic E-state index is 0.868. The van der Waals surface area contributed by atoms with Crippen LogP contribution in [0.4, 0.5) is 17.1 Å². The van der Waals surface area contributed by atoms with Gasteiger partial charge in [0.15, 0.2) is 0 Å². The van der Waals surface area contributed by atoms with Crippen LogP contribution in [0.1, 0.15) is 0 Å². The highest BCUT2D eigenvalue weighted by Gasteiger charge is 2.21. The molecule has 0 unspecified atom stereocenters. The van der Waals surface area contributed by atoms with Gasteiger partial charge in [0.1, 0.15) is 22.3 Å². The van der Waals surface area contributed by atoms with Gasteiger partial charge in [-0.1, -0.05) is 146 Å². The van der Waals surface area contributed by atoms with Crippen molar-refractivity contribution in [1.82, 2.24) is 0 Å². The van der Waals surface area contributed by atoms with Gasteiger partial charge < -0.3 is 13.7 Å². The van der Waals surface area contributed by atoms with Crippen molar-refractivity contribution in [2.75, 3.05) is 4.90 Å². The van der Waals surface area contributed by atoms with Gasteiger partial charge in [-0.2, -0.15) is 0 Å². The number of para-hydroxylation sites is 2. The molecular weight excluding hydrogens is 719 g/mol. The topological polar surface area (TPSA) is 29.5 Å². The Morgan fingerprint density at radius 3 is 1.56 bits per heavy atom. The molecule has 0 saturated carbocycles. The van der Waals surface area contributed by atoms with E-state index in [-0.39, 0.29) is 0 Å². The maximum atomic E-state index is 6.34. The van der Waals surface area contributed by atoms with Crippen LogP contribution in [-0.4, -0.2) is 0 Å². The first-order valence-electron chi connectivity index (χ1n) is 20.1. The largest absolute Gasteiger partial charge is 0.456 e. The summed E-state index contributed by atoms with van der Waals surface area (Å²) >= 11 is 0. The Bertz CT molecular complexity index is 3560. The van der Waals surface area contributed by atoms with E-state index in [1.807, 2.05) is 24.3 Å². The molecule has 0 radical (unpaired) electrons. The lowest BCUT2D eigenvalue weighted by Gasteiger charge is -2.29. The molecule has 0 saturated heterocycles. The number of benzene rings is 10. The SMILES string of the molecule is c1ccc(-c2ccc(-c3cc4ccccc4c4ccccc34)cc2N(c2ccc(-c3ccc4oc5ccccc5c4c3)cc2)c2ccc3oc4ccccc4c3c2)cc1. The molecule has 59 heavy (non-hydrogen) atoms. The van der Waals surface area contributed by atoms with Gasteiger partial charge >= 0.3 is 0 Å². The van der Waals surface area contributed by atoms with Crippen LogP contribution < -0.4 is 4.90 Å². The quantitative estimate of drug-likeness (QED) is 0.158. The van der Waals surface area contributed by atoms with Gasteiger partial charge in [0.05, 0.1) is 5.69 Å². The average Bonchev–Trinajstić information content (AvgIpc) is 3.87. The number of hydrogen-bond acceptors (Lipinski definition) is 3. The third-order valence-electron chi connectivity index (χ3n) is 11.9. The van der Waals surface area contributed by atoms with Crippen LogP contribution in [0.3, 0.4) is 0 Å². The van der Waals surface area contributed by atoms with Crippen molar-refractivity contribution in [1.29, 1.82) is 0 Å². The molecule has 2 heterocycles. The second-order valence-electron chi connectivity index (χ2n) is 15.3. The van der Waals surface area contributed by atoms with Crippen molar-refractivity contribution in [3.63, 3.8) is 0 Å². The summed E-state index contributed by atoms with van der Waals surface area (Å²) in [6.45, 7) is 0. The first-order valence-corrected chi connectivity index (χ1v) is 20.1. The zero-order valence-corrected chi connectivity index (χ0v) is 32.0. The second kappa shape index (κ2) is 13.4. The first kappa shape index (κ1) is 33.3. The fourth-order valence-corrected chi connectivity index (χ4v) is 9.03. The van der Waals surface area contributed by atoms with Gasteiger partial charge in [0, 0.05) is 38.5 Å². The minimum Gasteiger partial charge on any atom is -0.456 e. The van der Waals surface area contributed by atoms with E-state index in [4.69, 9.17) is 8.83 Å². The summed E-state index contributed by atoms with van der Waals surface area (Å²) < 4.78 is 12.5. The van der Waals surface area contributed by atoms with Gasteiger partial charge in [-0.3, -0.25) is 0 Å². The van der Waals surface area contributed by atoms with Crippen molar-refractivity contribution in [3.05, 3.63) is 212 Å². The normalized spacial score (nSPS) is 11.7. The minimum absolute atomic E-state index is 0.868. The summed E-state index contributed by atoms with van der Waals surface area (Å²) in [6.07, 6.45) is 0. The molecule has 3 nitrogen and oxygen atoms in total. The summed E-state index contributed by atoms with van der Waals surface area (Å²) in [7, 11) is 0. The van der Waals surface area contributed by atoms with Crippen LogP contribution in [-0.2, 0) is 0 Å². The van der Waals surface area contributed by atoms with Gasteiger partial charge in [-0.25, -0.2) is 0 Å². The van der Waals surface area contributed by atoms with Crippen molar-refractivity contribution in [2.24, 2.45) is 0 Å². The molecule has 0 aliphatic heterocycles. The fraction of sp³-hybridized carbons (Fsp3) is 0. The maximum Gasteiger partial charge on any atom is 0.135 e. The molecule has 3 heteroatoms. The summed E-state index contributed by atoms with van der Waals surface area (Å²) in [4.78, 5) is 2.41. The van der Waals surface area contributed by atoms with Crippen molar-refractivity contribution in [3.8, 4) is 33.4 Å². The maximum absolute atomic E-state index is 6.34. The Balaban J connectivity index is 1.09. The van der Waals surface area contributed by atoms with E-state index in [0.29, 0.717) is 0 Å². The van der Waals surface area contributed by atoms with E-state index in [1.165, 1.54) is 27.1 Å². The molecule has 2 aromatic heterocycles. The molecule has 276 valence electrons. The van der Waals surface area contributed by atoms with Gasteiger partial charge in [-0.05, 0) is 116 Å². The van der Waals surface area contributed by atoms with Crippen molar-refractivity contribution in [2.45, 2.75) is 0 Å². The van der Waals surface area contributed by atoms with E-state index in [0.717, 1.165) is 88.8 Å². The molecule has 12 rings (SSSR count). The monoisotopic (exact) mass is 753 g/mol. The Labute approximate surface area is 340 Å². The smallest absolute Gasteiger partial charge is 0.135 e. The zero-order chi connectivity index (χ0) is 38.9.